The molecule has 0 aliphatic heterocycles. The molecule has 0 unspecified atom stereocenters. The Kier molecular flexibility index (Phi) is 11.2. The largest absolute Gasteiger partial charge is 0.352 e. The van der Waals surface area contributed by atoms with Gasteiger partial charge in [0.1, 0.15) is 12.6 Å². The molecular weight excluding hydrogens is 662 g/mol. The second-order valence-electron chi connectivity index (χ2n) is 10.8. The van der Waals surface area contributed by atoms with E-state index >= 15 is 0 Å². The van der Waals surface area contributed by atoms with Gasteiger partial charge in [0.25, 0.3) is 10.0 Å². The summed E-state index contributed by atoms with van der Waals surface area (Å²) in [4.78, 5) is 29.7. The number of hydrogen-bond donors (Lipinski definition) is 1. The third-order valence-electron chi connectivity index (χ3n) is 7.00. The van der Waals surface area contributed by atoms with Gasteiger partial charge in [0, 0.05) is 28.5 Å². The van der Waals surface area contributed by atoms with Crippen molar-refractivity contribution in [2.75, 3.05) is 10.8 Å². The number of nitrogens with zero attached hydrogens (tertiary/aromatic N) is 2. The summed E-state index contributed by atoms with van der Waals surface area (Å²) in [6.07, 6.45) is 0.221. The van der Waals surface area contributed by atoms with Crippen molar-refractivity contribution in [2.45, 2.75) is 50.7 Å². The van der Waals surface area contributed by atoms with E-state index in [9.17, 15) is 18.0 Å². The molecule has 4 aromatic rings. The molecule has 44 heavy (non-hydrogen) atoms. The van der Waals surface area contributed by atoms with Crippen LogP contribution in [0.5, 0.6) is 0 Å². The quantitative estimate of drug-likeness (QED) is 0.177. The van der Waals surface area contributed by atoms with E-state index in [0.717, 1.165) is 19.9 Å². The smallest absolute Gasteiger partial charge is 0.264 e. The van der Waals surface area contributed by atoms with E-state index in [1.54, 1.807) is 60.7 Å². The van der Waals surface area contributed by atoms with Crippen LogP contribution in [0.1, 0.15) is 30.5 Å². The second-order valence-corrected chi connectivity index (χ2v) is 14.0. The second kappa shape index (κ2) is 14.9. The summed E-state index contributed by atoms with van der Waals surface area (Å²) >= 11 is 9.94. The summed E-state index contributed by atoms with van der Waals surface area (Å²) in [6, 6.07) is 28.6. The van der Waals surface area contributed by atoms with Crippen molar-refractivity contribution in [3.8, 4) is 0 Å². The average molecular weight is 697 g/mol. The van der Waals surface area contributed by atoms with E-state index in [1.807, 2.05) is 51.1 Å². The number of nitrogens with one attached hydrogen (secondary N) is 1. The molecule has 0 aromatic heterocycles. The number of aryl methyl sites for hydroxylation is 1. The molecule has 230 valence electrons. The van der Waals surface area contributed by atoms with Crippen LogP contribution >= 0.6 is 27.5 Å². The predicted molar refractivity (Wildman–Crippen MR) is 179 cm³/mol. The fourth-order valence-electron chi connectivity index (χ4n) is 4.72. The number of halogens is 2. The van der Waals surface area contributed by atoms with Crippen LogP contribution in [0.15, 0.2) is 112 Å². The molecule has 0 spiro atoms. The summed E-state index contributed by atoms with van der Waals surface area (Å²) in [6.45, 7) is 5.03. The Morgan fingerprint density at radius 2 is 1.48 bits per heavy atom. The third kappa shape index (κ3) is 8.49. The van der Waals surface area contributed by atoms with E-state index in [0.29, 0.717) is 16.3 Å². The van der Waals surface area contributed by atoms with Gasteiger partial charge in [-0.15, -0.1) is 0 Å². The summed E-state index contributed by atoms with van der Waals surface area (Å²) in [5.41, 5.74) is 2.70. The maximum absolute atomic E-state index is 14.5. The Hall–Kier alpha value is -3.66. The molecule has 0 aliphatic carbocycles. The van der Waals surface area contributed by atoms with E-state index in [-0.39, 0.29) is 29.8 Å². The van der Waals surface area contributed by atoms with E-state index < -0.39 is 28.5 Å². The van der Waals surface area contributed by atoms with Crippen molar-refractivity contribution in [3.63, 3.8) is 0 Å². The first-order valence-electron chi connectivity index (χ1n) is 14.2. The highest BCUT2D eigenvalue weighted by Crippen LogP contribution is 2.27. The van der Waals surface area contributed by atoms with Gasteiger partial charge in [-0.05, 0) is 74.4 Å². The number of carbonyl (C=O) groups is 2. The Labute approximate surface area is 273 Å². The maximum atomic E-state index is 14.5. The molecule has 2 amide bonds. The molecule has 0 fully saturated rings. The highest BCUT2D eigenvalue weighted by Gasteiger charge is 2.35. The molecule has 0 radical (unpaired) electrons. The van der Waals surface area contributed by atoms with Gasteiger partial charge in [0.05, 0.1) is 10.6 Å². The van der Waals surface area contributed by atoms with Gasteiger partial charge in [-0.25, -0.2) is 8.42 Å². The number of hydrogen-bond acceptors (Lipinski definition) is 4. The highest BCUT2D eigenvalue weighted by atomic mass is 79.9. The number of carbonyl (C=O) groups excluding carboxylic acids is 2. The van der Waals surface area contributed by atoms with Crippen LogP contribution in [0.25, 0.3) is 0 Å². The van der Waals surface area contributed by atoms with Gasteiger partial charge >= 0.3 is 0 Å². The van der Waals surface area contributed by atoms with Crippen LogP contribution < -0.4 is 9.62 Å². The van der Waals surface area contributed by atoms with Crippen molar-refractivity contribution < 1.29 is 18.0 Å². The van der Waals surface area contributed by atoms with Crippen molar-refractivity contribution in [2.24, 2.45) is 0 Å². The Balaban J connectivity index is 1.81. The first-order chi connectivity index (χ1) is 21.0. The molecule has 0 saturated heterocycles. The molecule has 1 N–H and O–H groups in total. The number of anilines is 1. The topological polar surface area (TPSA) is 86.8 Å². The van der Waals surface area contributed by atoms with Crippen LogP contribution in [0.3, 0.4) is 0 Å². The Morgan fingerprint density at radius 3 is 2.09 bits per heavy atom. The number of benzene rings is 4. The molecule has 4 aromatic carbocycles. The number of rotatable bonds is 12. The predicted octanol–water partition coefficient (Wildman–Crippen LogP) is 6.77. The maximum Gasteiger partial charge on any atom is 0.264 e. The standard InChI is InChI=1S/C34H35BrClN3O4S/c1-24(2)37-34(41)32(21-26-9-5-4-6-10-26)38(22-27-11-7-8-12-31(27)36)33(40)23-39(29-17-15-28(35)16-18-29)44(42,43)30-19-13-25(3)14-20-30/h4-20,24,32H,21-23H2,1-3H3,(H,37,41)/t32-/m0/s1. The van der Waals surface area contributed by atoms with Crippen LogP contribution in [0.2, 0.25) is 5.02 Å². The van der Waals surface area contributed by atoms with Crippen molar-refractivity contribution in [3.05, 3.63) is 129 Å². The average Bonchev–Trinajstić information content (AvgIpc) is 2.99. The molecule has 4 rings (SSSR count). The lowest BCUT2D eigenvalue weighted by Crippen LogP contribution is -2.54. The fraction of sp³-hybridized carbons (Fsp3) is 0.235. The summed E-state index contributed by atoms with van der Waals surface area (Å²) in [5, 5.41) is 3.38. The number of amides is 2. The van der Waals surface area contributed by atoms with Crippen molar-refractivity contribution in [1.82, 2.24) is 10.2 Å². The number of sulfonamides is 1. The van der Waals surface area contributed by atoms with Crippen LogP contribution in [-0.2, 0) is 32.6 Å². The van der Waals surface area contributed by atoms with Crippen LogP contribution in [0.4, 0.5) is 5.69 Å². The molecule has 0 bridgehead atoms. The van der Waals surface area contributed by atoms with Gasteiger partial charge < -0.3 is 10.2 Å². The van der Waals surface area contributed by atoms with Gasteiger partial charge in [-0.1, -0.05) is 93.8 Å². The molecule has 0 heterocycles. The lowest BCUT2D eigenvalue weighted by Gasteiger charge is -2.34. The fourth-order valence-corrected chi connectivity index (χ4v) is 6.59. The molecule has 0 saturated carbocycles. The molecule has 1 atom stereocenters. The summed E-state index contributed by atoms with van der Waals surface area (Å²) < 4.78 is 30.0. The Bertz CT molecular complexity index is 1680. The van der Waals surface area contributed by atoms with Gasteiger partial charge in [-0.2, -0.15) is 0 Å². The lowest BCUT2D eigenvalue weighted by molar-refractivity contribution is -0.140. The molecule has 0 aliphatic rings. The highest BCUT2D eigenvalue weighted by molar-refractivity contribution is 9.10. The summed E-state index contributed by atoms with van der Waals surface area (Å²) in [5.74, 6) is -0.899. The molecular formula is C34H35BrClN3O4S. The van der Waals surface area contributed by atoms with E-state index in [4.69, 9.17) is 11.6 Å². The van der Waals surface area contributed by atoms with Crippen LogP contribution in [0, 0.1) is 6.92 Å². The van der Waals surface area contributed by atoms with Gasteiger partial charge in [0.2, 0.25) is 11.8 Å². The van der Waals surface area contributed by atoms with E-state index in [2.05, 4.69) is 21.2 Å². The first-order valence-corrected chi connectivity index (χ1v) is 16.8. The third-order valence-corrected chi connectivity index (χ3v) is 9.69. The zero-order chi connectivity index (χ0) is 31.9. The Morgan fingerprint density at radius 1 is 0.864 bits per heavy atom. The van der Waals surface area contributed by atoms with Gasteiger partial charge in [0.15, 0.2) is 0 Å². The van der Waals surface area contributed by atoms with Gasteiger partial charge in [-0.3, -0.25) is 13.9 Å². The van der Waals surface area contributed by atoms with Crippen molar-refractivity contribution >= 4 is 55.1 Å². The zero-order valence-electron chi connectivity index (χ0n) is 24.8. The summed E-state index contributed by atoms with van der Waals surface area (Å²) in [7, 11) is -4.17. The first kappa shape index (κ1) is 33.2. The normalized spacial score (nSPS) is 12.0. The molecule has 7 nitrogen and oxygen atoms in total. The zero-order valence-corrected chi connectivity index (χ0v) is 27.9. The minimum absolute atomic E-state index is 0.000277. The SMILES string of the molecule is Cc1ccc(S(=O)(=O)N(CC(=O)N(Cc2ccccc2Cl)[C@@H](Cc2ccccc2)C(=O)NC(C)C)c2ccc(Br)cc2)cc1. The van der Waals surface area contributed by atoms with Crippen molar-refractivity contribution in [1.29, 1.82) is 0 Å². The van der Waals surface area contributed by atoms with Crippen LogP contribution in [-0.4, -0.2) is 43.8 Å². The van der Waals surface area contributed by atoms with E-state index in [1.165, 1.54) is 17.0 Å². The monoisotopic (exact) mass is 695 g/mol. The minimum Gasteiger partial charge on any atom is -0.352 e. The molecule has 10 heteroatoms. The minimum atomic E-state index is -4.17. The lowest BCUT2D eigenvalue weighted by atomic mass is 10.0.